The van der Waals surface area contributed by atoms with Crippen molar-refractivity contribution in [3.8, 4) is 0 Å². The summed E-state index contributed by atoms with van der Waals surface area (Å²) in [5.74, 6) is -14.4. The number of halogens is 7. The van der Waals surface area contributed by atoms with Gasteiger partial charge in [-0.1, -0.05) is 6.55 Å². The van der Waals surface area contributed by atoms with Crippen LogP contribution in [0, 0.1) is 40.7 Å². The second kappa shape index (κ2) is 4.51. The molecule has 8 heteroatoms. The minimum absolute atomic E-state index is 0.616. The summed E-state index contributed by atoms with van der Waals surface area (Å²) in [4.78, 5) is 0. The molecule has 0 nitrogen and oxygen atoms in total. The Kier molecular flexibility index (Phi) is 3.29. The van der Waals surface area contributed by atoms with E-state index >= 15 is 0 Å². The van der Waals surface area contributed by atoms with Crippen LogP contribution in [0.3, 0.4) is 0 Å². The maximum absolute atomic E-state index is 13.5. The minimum Gasteiger partial charge on any atom is -0.204 e. The average Bonchev–Trinajstić information content (AvgIpc) is 2.40. The zero-order chi connectivity index (χ0) is 14.5. The van der Waals surface area contributed by atoms with E-state index in [4.69, 9.17) is 0 Å². The number of hydrogen-bond donors (Lipinski definition) is 0. The van der Waals surface area contributed by atoms with Crippen molar-refractivity contribution in [3.63, 3.8) is 0 Å². The molecular weight excluding hydrogens is 293 g/mol. The Balaban J connectivity index is 3.21. The second-order valence-corrected chi connectivity index (χ2v) is 4.57. The monoisotopic (exact) mass is 296 g/mol. The molecule has 0 fully saturated rings. The first kappa shape index (κ1) is 13.8. The van der Waals surface area contributed by atoms with Crippen LogP contribution in [0.2, 0.25) is 6.55 Å². The van der Waals surface area contributed by atoms with Crippen molar-refractivity contribution < 1.29 is 30.7 Å². The van der Waals surface area contributed by atoms with Crippen molar-refractivity contribution >= 4 is 25.5 Å². The second-order valence-electron chi connectivity index (χ2n) is 3.57. The summed E-state index contributed by atoms with van der Waals surface area (Å²) in [6, 6.07) is 0. The number of hydrogen-bond acceptors (Lipinski definition) is 0. The fraction of sp³-hybridized carbons (Fsp3) is 0.0909. The van der Waals surface area contributed by atoms with Crippen molar-refractivity contribution in [2.45, 2.75) is 6.55 Å². The Morgan fingerprint density at radius 1 is 0.526 bits per heavy atom. The lowest BCUT2D eigenvalue weighted by molar-refractivity contribution is 0.411. The van der Waals surface area contributed by atoms with Gasteiger partial charge in [-0.05, 0) is 5.19 Å². The fourth-order valence-corrected chi connectivity index (χ4v) is 2.55. The molecule has 2 radical (unpaired) electrons. The van der Waals surface area contributed by atoms with Gasteiger partial charge >= 0.3 is 0 Å². The van der Waals surface area contributed by atoms with Crippen molar-refractivity contribution in [2.24, 2.45) is 0 Å². The summed E-state index contributed by atoms with van der Waals surface area (Å²) >= 11 is 0. The average molecular weight is 296 g/mol. The van der Waals surface area contributed by atoms with Crippen molar-refractivity contribution in [2.75, 3.05) is 0 Å². The standard InChI is InChI=1S/C11H3F7Si/c1-19-11-3-2(5(13)9(17)10(11)18)4(12)7(15)8(16)6(3)14/h1H3. The van der Waals surface area contributed by atoms with Crippen LogP contribution in [0.5, 0.6) is 0 Å². The van der Waals surface area contributed by atoms with E-state index in [1.165, 1.54) is 6.55 Å². The zero-order valence-electron chi connectivity index (χ0n) is 9.15. The summed E-state index contributed by atoms with van der Waals surface area (Å²) in [5, 5.41) is -3.28. The summed E-state index contributed by atoms with van der Waals surface area (Å²) < 4.78 is 93.1. The molecule has 0 atom stereocenters. The maximum atomic E-state index is 13.5. The Bertz CT molecular complexity index is 688. The lowest BCUT2D eigenvalue weighted by atomic mass is 10.1. The lowest BCUT2D eigenvalue weighted by Gasteiger charge is -2.11. The quantitative estimate of drug-likeness (QED) is 0.328. The van der Waals surface area contributed by atoms with Crippen LogP contribution in [0.25, 0.3) is 10.8 Å². The maximum Gasteiger partial charge on any atom is 0.198 e. The molecule has 0 saturated carbocycles. The van der Waals surface area contributed by atoms with Gasteiger partial charge in [0, 0.05) is 5.39 Å². The van der Waals surface area contributed by atoms with Gasteiger partial charge in [0.05, 0.1) is 14.9 Å². The van der Waals surface area contributed by atoms with E-state index in [9.17, 15) is 30.7 Å². The van der Waals surface area contributed by atoms with E-state index in [1.54, 1.807) is 0 Å². The number of rotatable bonds is 1. The molecule has 0 heterocycles. The summed E-state index contributed by atoms with van der Waals surface area (Å²) in [6.45, 7) is 1.27. The van der Waals surface area contributed by atoms with Crippen LogP contribution in [-0.2, 0) is 0 Å². The first-order chi connectivity index (χ1) is 8.82. The molecular formula is C11H3F7Si. The van der Waals surface area contributed by atoms with Crippen LogP contribution in [0.4, 0.5) is 30.7 Å². The molecule has 2 aromatic carbocycles. The number of fused-ring (bicyclic) bond motifs is 1. The van der Waals surface area contributed by atoms with E-state index in [0.29, 0.717) is 0 Å². The van der Waals surface area contributed by atoms with Gasteiger partial charge in [-0.25, -0.2) is 30.7 Å². The number of benzene rings is 2. The van der Waals surface area contributed by atoms with Crippen molar-refractivity contribution in [3.05, 3.63) is 40.7 Å². The molecule has 0 N–H and O–H groups in total. The van der Waals surface area contributed by atoms with Crippen molar-refractivity contribution in [1.29, 1.82) is 0 Å². The van der Waals surface area contributed by atoms with Crippen LogP contribution < -0.4 is 5.19 Å². The molecule has 100 valence electrons. The highest BCUT2D eigenvalue weighted by atomic mass is 28.2. The molecule has 0 unspecified atom stereocenters. The van der Waals surface area contributed by atoms with Gasteiger partial charge < -0.3 is 0 Å². The first-order valence-corrected chi connectivity index (χ1v) is 6.32. The van der Waals surface area contributed by atoms with Gasteiger partial charge in [0.2, 0.25) is 0 Å². The largest absolute Gasteiger partial charge is 0.204 e. The third-order valence-electron chi connectivity index (χ3n) is 2.59. The van der Waals surface area contributed by atoms with Gasteiger partial charge in [-0.15, -0.1) is 0 Å². The summed E-state index contributed by atoms with van der Waals surface area (Å²) in [6.07, 6.45) is 0. The van der Waals surface area contributed by atoms with Crippen LogP contribution in [0.1, 0.15) is 0 Å². The Morgan fingerprint density at radius 2 is 0.895 bits per heavy atom. The predicted octanol–water partition coefficient (Wildman–Crippen LogP) is 3.19. The van der Waals surface area contributed by atoms with Crippen LogP contribution >= 0.6 is 0 Å². The van der Waals surface area contributed by atoms with Crippen LogP contribution in [0.15, 0.2) is 0 Å². The van der Waals surface area contributed by atoms with Gasteiger partial charge in [-0.3, -0.25) is 0 Å². The molecule has 0 bridgehead atoms. The smallest absolute Gasteiger partial charge is 0.198 e. The molecule has 0 spiro atoms. The highest BCUT2D eigenvalue weighted by Gasteiger charge is 2.29. The minimum atomic E-state index is -2.28. The summed E-state index contributed by atoms with van der Waals surface area (Å²) in [5.41, 5.74) is 0. The van der Waals surface area contributed by atoms with Gasteiger partial charge in [0.1, 0.15) is 0 Å². The third-order valence-corrected chi connectivity index (χ3v) is 3.56. The Morgan fingerprint density at radius 3 is 1.32 bits per heavy atom. The lowest BCUT2D eigenvalue weighted by Crippen LogP contribution is -2.23. The molecule has 0 aliphatic rings. The Hall–Kier alpha value is -1.57. The predicted molar refractivity (Wildman–Crippen MR) is 54.9 cm³/mol. The molecule has 0 aliphatic heterocycles. The van der Waals surface area contributed by atoms with E-state index in [0.717, 1.165) is 0 Å². The van der Waals surface area contributed by atoms with E-state index in [1.807, 2.05) is 0 Å². The molecule has 19 heavy (non-hydrogen) atoms. The highest BCUT2D eigenvalue weighted by Crippen LogP contribution is 2.30. The molecule has 2 aromatic rings. The highest BCUT2D eigenvalue weighted by molar-refractivity contribution is 6.56. The molecule has 2 rings (SSSR count). The van der Waals surface area contributed by atoms with Gasteiger partial charge in [-0.2, -0.15) is 0 Å². The zero-order valence-corrected chi connectivity index (χ0v) is 10.1. The van der Waals surface area contributed by atoms with Crippen LogP contribution in [-0.4, -0.2) is 9.52 Å². The molecule has 0 saturated heterocycles. The van der Waals surface area contributed by atoms with E-state index < -0.39 is 66.2 Å². The Labute approximate surface area is 104 Å². The van der Waals surface area contributed by atoms with Crippen molar-refractivity contribution in [1.82, 2.24) is 0 Å². The molecule has 0 aromatic heterocycles. The molecule has 0 aliphatic carbocycles. The first-order valence-electron chi connectivity index (χ1n) is 4.82. The van der Waals surface area contributed by atoms with Gasteiger partial charge in [0.15, 0.2) is 40.7 Å². The third kappa shape index (κ3) is 1.73. The topological polar surface area (TPSA) is 0 Å². The molecule has 0 amide bonds. The fourth-order valence-electron chi connectivity index (χ4n) is 1.73. The normalized spacial score (nSPS) is 11.4. The van der Waals surface area contributed by atoms with E-state index in [-0.39, 0.29) is 0 Å². The SMILES string of the molecule is C[Si]c1c(F)c(F)c(F)c2c(F)c(F)c(F)c(F)c12. The summed E-state index contributed by atoms with van der Waals surface area (Å²) in [7, 11) is -0.616. The van der Waals surface area contributed by atoms with Gasteiger partial charge in [0.25, 0.3) is 0 Å². The van der Waals surface area contributed by atoms with E-state index in [2.05, 4.69) is 0 Å².